The van der Waals surface area contributed by atoms with Crippen LogP contribution in [0.25, 0.3) is 55.0 Å². The first-order valence-electron chi connectivity index (χ1n) is 30.8. The van der Waals surface area contributed by atoms with Gasteiger partial charge in [-0.25, -0.2) is 0 Å². The molecule has 0 radical (unpaired) electrons. The van der Waals surface area contributed by atoms with Gasteiger partial charge in [0.2, 0.25) is 0 Å². The van der Waals surface area contributed by atoms with Gasteiger partial charge in [0, 0.05) is 109 Å². The quantitative estimate of drug-likeness (QED) is 0.117. The minimum absolute atomic E-state index is 0. The van der Waals surface area contributed by atoms with Crippen molar-refractivity contribution in [3.63, 3.8) is 0 Å². The Morgan fingerprint density at radius 1 is 0.221 bits per heavy atom. The minimum atomic E-state index is 0. The van der Waals surface area contributed by atoms with E-state index in [4.69, 9.17) is 0 Å². The van der Waals surface area contributed by atoms with Crippen molar-refractivity contribution >= 4 is 164 Å². The highest BCUT2D eigenvalue weighted by Crippen LogP contribution is 2.45. The zero-order valence-electron chi connectivity index (χ0n) is 51.2. The van der Waals surface area contributed by atoms with Crippen LogP contribution >= 0.6 is 57.7 Å². The largest absolute Gasteiger partial charge is 0.355 e. The van der Waals surface area contributed by atoms with Crippen molar-refractivity contribution in [2.45, 2.75) is 7.43 Å². The number of halogens is 3. The number of anilines is 11. The van der Waals surface area contributed by atoms with Crippen LogP contribution < -0.4 is 20.0 Å². The summed E-state index contributed by atoms with van der Waals surface area (Å²) in [6.45, 7) is 0. The first kappa shape index (κ1) is 64.8. The molecule has 0 saturated heterocycles. The molecule has 0 aliphatic rings. The summed E-state index contributed by atoms with van der Waals surface area (Å²) in [5, 5.41) is 8.52. The van der Waals surface area contributed by atoms with E-state index in [2.05, 4.69) is 405 Å². The van der Waals surface area contributed by atoms with Gasteiger partial charge in [0.25, 0.3) is 0 Å². The van der Waals surface area contributed by atoms with Crippen molar-refractivity contribution in [3.8, 4) is 11.4 Å². The number of aromatic nitrogens is 2. The average molecular weight is 1440 g/mol. The van der Waals surface area contributed by atoms with Gasteiger partial charge in [0.1, 0.15) is 0 Å². The maximum absolute atomic E-state index is 3.89. The van der Waals surface area contributed by atoms with Crippen molar-refractivity contribution in [1.82, 2.24) is 9.13 Å². The second-order valence-corrected chi connectivity index (χ2v) is 25.0. The molecule has 0 aliphatic heterocycles. The Hall–Kier alpha value is -10.3. The van der Waals surface area contributed by atoms with Crippen LogP contribution in [0.4, 0.5) is 62.6 Å². The van der Waals surface area contributed by atoms with Gasteiger partial charge in [-0.2, -0.15) is 9.90 Å². The van der Waals surface area contributed by atoms with Crippen molar-refractivity contribution in [2.75, 3.05) is 20.0 Å². The van der Waals surface area contributed by atoms with E-state index >= 15 is 0 Å². The SMILES string of the molecule is Brc1cc(Br)cc(N(c2ccccc2)c2ccccc2)c1.Brc1cc(N(c2ccccc2)c2ccccc2)cc(N(c2ccccc2)c2ccc3c4ccccc4n(-c4ccccc4)c3c2)c1.C.P.c1ccc(Nc2ccc3c4ccccc4n(-c4ccccc4)c3c2)cc1. The molecule has 0 aliphatic carbocycles. The van der Waals surface area contributed by atoms with E-state index in [1.165, 1.54) is 43.8 Å². The number of fused-ring (bicyclic) bond motifs is 6. The predicted molar refractivity (Wildman–Crippen MR) is 423 cm³/mol. The molecule has 16 rings (SSSR count). The molecule has 1 unspecified atom stereocenters. The summed E-state index contributed by atoms with van der Waals surface area (Å²) in [6.07, 6.45) is 0. The Bertz CT molecular complexity index is 5060. The van der Waals surface area contributed by atoms with Crippen LogP contribution in [0.15, 0.2) is 377 Å². The second kappa shape index (κ2) is 30.2. The fourth-order valence-corrected chi connectivity index (χ4v) is 14.0. The molecule has 0 amide bonds. The Kier molecular flexibility index (Phi) is 20.6. The highest BCUT2D eigenvalue weighted by atomic mass is 79.9. The summed E-state index contributed by atoms with van der Waals surface area (Å²) in [4.78, 5) is 6.87. The molecule has 464 valence electrons. The molecule has 0 bridgehead atoms. The van der Waals surface area contributed by atoms with Gasteiger partial charge in [0.05, 0.1) is 22.1 Å². The van der Waals surface area contributed by atoms with Crippen molar-refractivity contribution in [3.05, 3.63) is 377 Å². The number of nitrogens with zero attached hydrogens (tertiary/aromatic N) is 5. The Balaban J connectivity index is 0.000000149. The lowest BCUT2D eigenvalue weighted by Gasteiger charge is -2.30. The molecule has 1 N–H and O–H groups in total. The van der Waals surface area contributed by atoms with Crippen molar-refractivity contribution in [2.24, 2.45) is 0 Å². The fourth-order valence-electron chi connectivity index (χ4n) is 12.3. The van der Waals surface area contributed by atoms with Crippen LogP contribution in [0.1, 0.15) is 7.43 Å². The summed E-state index contributed by atoms with van der Waals surface area (Å²) in [6, 6.07) is 127. The smallest absolute Gasteiger partial charge is 0.0561 e. The van der Waals surface area contributed by atoms with Gasteiger partial charge in [-0.3, -0.25) is 0 Å². The highest BCUT2D eigenvalue weighted by molar-refractivity contribution is 9.11. The molecule has 6 nitrogen and oxygen atoms in total. The Morgan fingerprint density at radius 3 is 0.916 bits per heavy atom. The molecule has 0 spiro atoms. The van der Waals surface area contributed by atoms with Crippen LogP contribution in [0.3, 0.4) is 0 Å². The number of hydrogen-bond donors (Lipinski definition) is 1. The third kappa shape index (κ3) is 14.3. The molecule has 0 saturated carbocycles. The molecule has 10 heteroatoms. The normalized spacial score (nSPS) is 10.7. The van der Waals surface area contributed by atoms with E-state index in [-0.39, 0.29) is 17.3 Å². The maximum atomic E-state index is 3.89. The predicted octanol–water partition coefficient (Wildman–Crippen LogP) is 26.4. The van der Waals surface area contributed by atoms with Crippen molar-refractivity contribution < 1.29 is 0 Å². The zero-order chi connectivity index (χ0) is 62.9. The molecule has 16 aromatic rings. The third-order valence-electron chi connectivity index (χ3n) is 16.2. The van der Waals surface area contributed by atoms with Gasteiger partial charge in [0.15, 0.2) is 0 Å². The van der Waals surface area contributed by atoms with E-state index in [1.807, 2.05) is 36.4 Å². The third-order valence-corrected chi connectivity index (χ3v) is 17.6. The van der Waals surface area contributed by atoms with Gasteiger partial charge in [-0.15, -0.1) is 0 Å². The van der Waals surface area contributed by atoms with Gasteiger partial charge < -0.3 is 29.2 Å². The second-order valence-electron chi connectivity index (χ2n) is 22.3. The summed E-state index contributed by atoms with van der Waals surface area (Å²) >= 11 is 11.0. The number of nitrogens with one attached hydrogen (secondary N) is 1. The number of para-hydroxylation sites is 10. The van der Waals surface area contributed by atoms with E-state index < -0.39 is 0 Å². The molecular formula is C85H68Br3N6P. The summed E-state index contributed by atoms with van der Waals surface area (Å²) in [5.41, 5.74) is 19.1. The van der Waals surface area contributed by atoms with Gasteiger partial charge >= 0.3 is 0 Å². The van der Waals surface area contributed by atoms with Gasteiger partial charge in [-0.05, 0) is 170 Å². The summed E-state index contributed by atoms with van der Waals surface area (Å²) in [7, 11) is 0. The van der Waals surface area contributed by atoms with Gasteiger partial charge in [-0.1, -0.05) is 249 Å². The topological polar surface area (TPSA) is 31.6 Å². The van der Waals surface area contributed by atoms with E-state index in [0.717, 1.165) is 87.2 Å². The lowest BCUT2D eigenvalue weighted by Crippen LogP contribution is -2.13. The monoisotopic (exact) mass is 1440 g/mol. The molecule has 2 aromatic heterocycles. The zero-order valence-corrected chi connectivity index (χ0v) is 57.4. The highest BCUT2D eigenvalue weighted by Gasteiger charge is 2.21. The van der Waals surface area contributed by atoms with Crippen LogP contribution in [-0.2, 0) is 0 Å². The van der Waals surface area contributed by atoms with Crippen LogP contribution in [-0.4, -0.2) is 9.13 Å². The number of hydrogen-bond acceptors (Lipinski definition) is 4. The van der Waals surface area contributed by atoms with E-state index in [9.17, 15) is 0 Å². The maximum Gasteiger partial charge on any atom is 0.0561 e. The van der Waals surface area contributed by atoms with Crippen LogP contribution in [0.2, 0.25) is 0 Å². The van der Waals surface area contributed by atoms with E-state index in [1.54, 1.807) is 0 Å². The molecule has 0 fully saturated rings. The lowest BCUT2D eigenvalue weighted by atomic mass is 10.1. The molecule has 1 atom stereocenters. The standard InChI is InChI=1S/C42H30BrN3.C24H18N2.C18H13Br2N.CH4.H3P/c43-31-27-37(44(32-15-5-1-6-16-32)33-17-7-2-8-18-33)29-38(28-31)45(34-19-9-3-10-20-34)36-25-26-40-39-23-13-14-24-41(39)46(42(40)30-36)35-21-11-4-12-22-35;1-3-9-18(10-4-1)25-19-15-16-22-21-13-7-8-14-23(21)26(24(22)17-19)20-11-5-2-6-12-20;19-14-11-15(20)13-18(12-14)21(16-7-3-1-4-8-16)17-9-5-2-6-10-17;;/h1-30H;1-17,25H;1-13H;1H4;1H3. The summed E-state index contributed by atoms with van der Waals surface area (Å²) in [5.74, 6) is 0. The molecule has 2 heterocycles. The number of rotatable bonds is 13. The Morgan fingerprint density at radius 2 is 0.516 bits per heavy atom. The first-order valence-corrected chi connectivity index (χ1v) is 33.2. The molecular weight excluding hydrogens is 1380 g/mol. The summed E-state index contributed by atoms with van der Waals surface area (Å²) < 4.78 is 7.79. The molecule has 14 aromatic carbocycles. The lowest BCUT2D eigenvalue weighted by molar-refractivity contribution is 1.18. The van der Waals surface area contributed by atoms with Crippen LogP contribution in [0, 0.1) is 0 Å². The molecule has 95 heavy (non-hydrogen) atoms. The fraction of sp³-hybridized carbons (Fsp3) is 0.0118. The number of benzene rings is 14. The van der Waals surface area contributed by atoms with E-state index in [0.29, 0.717) is 0 Å². The average Bonchev–Trinajstić information content (AvgIpc) is 1.63. The van der Waals surface area contributed by atoms with Crippen LogP contribution in [0.5, 0.6) is 0 Å². The minimum Gasteiger partial charge on any atom is -0.355 e. The first-order chi connectivity index (χ1) is 45.9. The Labute approximate surface area is 584 Å². The van der Waals surface area contributed by atoms with Crippen molar-refractivity contribution in [1.29, 1.82) is 0 Å².